The summed E-state index contributed by atoms with van der Waals surface area (Å²) in [6.07, 6.45) is 4.04. The molecule has 160 valence electrons. The van der Waals surface area contributed by atoms with Crippen LogP contribution in [0.1, 0.15) is 15.9 Å². The number of aliphatic hydroxyl groups is 1. The van der Waals surface area contributed by atoms with Crippen molar-refractivity contribution >= 4 is 52.0 Å². The number of hydrogen-bond acceptors (Lipinski definition) is 5. The normalized spacial score (nSPS) is 22.4. The van der Waals surface area contributed by atoms with Crippen molar-refractivity contribution in [3.8, 4) is 0 Å². The lowest BCUT2D eigenvalue weighted by Gasteiger charge is -2.39. The van der Waals surface area contributed by atoms with Gasteiger partial charge in [0, 0.05) is 11.3 Å². The van der Waals surface area contributed by atoms with Crippen LogP contribution >= 0.6 is 23.8 Å². The molecule has 10 heteroatoms. The van der Waals surface area contributed by atoms with Crippen molar-refractivity contribution in [1.29, 1.82) is 0 Å². The van der Waals surface area contributed by atoms with Gasteiger partial charge < -0.3 is 21.5 Å². The van der Waals surface area contributed by atoms with Gasteiger partial charge in [0.2, 0.25) is 0 Å². The zero-order valence-electron chi connectivity index (χ0n) is 15.9. The van der Waals surface area contributed by atoms with E-state index in [2.05, 4.69) is 10.6 Å². The van der Waals surface area contributed by atoms with Gasteiger partial charge in [-0.2, -0.15) is 0 Å². The number of thiocarbonyl (C=S) groups is 1. The molecule has 0 heterocycles. The molecule has 1 aliphatic carbocycles. The minimum Gasteiger partial charge on any atom is -0.370 e. The number of halogens is 2. The summed E-state index contributed by atoms with van der Waals surface area (Å²) in [5.74, 6) is -1.31. The highest BCUT2D eigenvalue weighted by Crippen LogP contribution is 2.39. The average molecular weight is 461 g/mol. The number of amides is 3. The van der Waals surface area contributed by atoms with E-state index in [-0.39, 0.29) is 10.6 Å². The van der Waals surface area contributed by atoms with Crippen LogP contribution in [0.3, 0.4) is 0 Å². The summed E-state index contributed by atoms with van der Waals surface area (Å²) in [6.45, 7) is 0. The lowest BCUT2D eigenvalue weighted by molar-refractivity contribution is 0.0880. The largest absolute Gasteiger partial charge is 0.370 e. The number of carbonyl (C=O) groups is 2. The van der Waals surface area contributed by atoms with Crippen molar-refractivity contribution in [2.75, 3.05) is 5.32 Å². The minimum absolute atomic E-state index is 0.125. The highest BCUT2D eigenvalue weighted by molar-refractivity contribution is 7.80. The first-order valence-corrected chi connectivity index (χ1v) is 9.72. The minimum atomic E-state index is -2.14. The Bertz CT molecular complexity index is 1140. The zero-order chi connectivity index (χ0) is 22.8. The van der Waals surface area contributed by atoms with Gasteiger partial charge in [-0.05, 0) is 35.9 Å². The lowest BCUT2D eigenvalue weighted by Crippen LogP contribution is -2.63. The molecule has 0 bridgehead atoms. The quantitative estimate of drug-likeness (QED) is 0.272. The van der Waals surface area contributed by atoms with Crippen LogP contribution in [-0.2, 0) is 0 Å². The second-order valence-electron chi connectivity index (χ2n) is 6.77. The number of benzene rings is 2. The summed E-state index contributed by atoms with van der Waals surface area (Å²) in [4.78, 5) is 21.6. The summed E-state index contributed by atoms with van der Waals surface area (Å²) in [6, 6.07) is 11.3. The molecule has 1 aliphatic rings. The number of rotatable bonds is 4. The number of nitrogens with one attached hydrogen (secondary N) is 2. The van der Waals surface area contributed by atoms with Crippen LogP contribution in [-0.4, -0.2) is 32.6 Å². The molecule has 0 saturated carbocycles. The number of anilines is 1. The van der Waals surface area contributed by atoms with Crippen molar-refractivity contribution in [2.24, 2.45) is 11.5 Å². The molecule has 0 fully saturated rings. The predicted octanol–water partition coefficient (Wildman–Crippen LogP) is 2.65. The zero-order valence-corrected chi connectivity index (χ0v) is 17.5. The molecule has 0 aromatic heterocycles. The third-order valence-corrected chi connectivity index (χ3v) is 5.76. The molecular weight excluding hydrogens is 443 g/mol. The number of alkyl halides is 1. The lowest BCUT2D eigenvalue weighted by atomic mass is 9.84. The fourth-order valence-corrected chi connectivity index (χ4v) is 3.56. The van der Waals surface area contributed by atoms with E-state index in [9.17, 15) is 19.1 Å². The van der Waals surface area contributed by atoms with Crippen molar-refractivity contribution in [1.82, 2.24) is 5.32 Å². The summed E-state index contributed by atoms with van der Waals surface area (Å²) in [5, 5.41) is 15.4. The van der Waals surface area contributed by atoms with Gasteiger partial charge in [-0.3, -0.25) is 10.5 Å². The highest BCUT2D eigenvalue weighted by atomic mass is 35.5. The maximum atomic E-state index is 14.0. The number of carbonyl (C=O) groups excluding carboxylic acids is 2. The van der Waals surface area contributed by atoms with E-state index in [1.54, 1.807) is 30.3 Å². The Balaban J connectivity index is 2.01. The smallest absolute Gasteiger partial charge is 0.317 e. The Labute approximate surface area is 187 Å². The van der Waals surface area contributed by atoms with Gasteiger partial charge in [0.05, 0.1) is 5.56 Å². The van der Waals surface area contributed by atoms with Crippen molar-refractivity contribution in [2.45, 2.75) is 10.6 Å². The van der Waals surface area contributed by atoms with E-state index in [1.165, 1.54) is 36.4 Å². The van der Waals surface area contributed by atoms with Gasteiger partial charge in [0.15, 0.2) is 10.6 Å². The van der Waals surface area contributed by atoms with Crippen LogP contribution in [0.4, 0.5) is 14.9 Å². The SMILES string of the molecule is NC(=O)NC(=S)C1(Cl)C=C(c2ccccc2NC(=O)c2ccccc2F)C=CC1(N)O. The molecule has 2 atom stereocenters. The molecule has 0 aliphatic heterocycles. The molecular formula is C21H18ClFN4O3S. The standard InChI is InChI=1S/C21H18ClFN4O3S/c22-20(18(31)27-19(24)29)11-12(9-10-21(20,25)30)13-5-2-4-8-16(13)26-17(28)14-6-1-3-7-15(14)23/h1-11,30H,25H2,(H,26,28)(H3,24,27,29,31). The maximum absolute atomic E-state index is 14.0. The van der Waals surface area contributed by atoms with Crippen molar-refractivity contribution < 1.29 is 19.1 Å². The van der Waals surface area contributed by atoms with E-state index in [0.29, 0.717) is 16.8 Å². The molecule has 3 amide bonds. The van der Waals surface area contributed by atoms with E-state index < -0.39 is 28.4 Å². The number of nitrogens with two attached hydrogens (primary N) is 2. The van der Waals surface area contributed by atoms with E-state index in [0.717, 1.165) is 0 Å². The number of urea groups is 1. The van der Waals surface area contributed by atoms with E-state index in [4.69, 9.17) is 35.3 Å². The van der Waals surface area contributed by atoms with Gasteiger partial charge in [-0.15, -0.1) is 11.6 Å². The van der Waals surface area contributed by atoms with Crippen LogP contribution in [0.25, 0.3) is 5.57 Å². The van der Waals surface area contributed by atoms with E-state index >= 15 is 0 Å². The molecule has 0 spiro atoms. The van der Waals surface area contributed by atoms with E-state index in [1.807, 2.05) is 0 Å². The van der Waals surface area contributed by atoms with Crippen LogP contribution in [0.5, 0.6) is 0 Å². The molecule has 0 radical (unpaired) electrons. The fourth-order valence-electron chi connectivity index (χ4n) is 3.01. The van der Waals surface area contributed by atoms with Gasteiger partial charge >= 0.3 is 6.03 Å². The molecule has 2 aromatic rings. The summed E-state index contributed by atoms with van der Waals surface area (Å²) < 4.78 is 14.0. The molecule has 2 unspecified atom stereocenters. The molecule has 31 heavy (non-hydrogen) atoms. The van der Waals surface area contributed by atoms with Gasteiger partial charge in [-0.25, -0.2) is 9.18 Å². The van der Waals surface area contributed by atoms with Gasteiger partial charge in [0.25, 0.3) is 5.91 Å². The van der Waals surface area contributed by atoms with Crippen LogP contribution in [0, 0.1) is 5.82 Å². The number of hydrogen-bond donors (Lipinski definition) is 5. The van der Waals surface area contributed by atoms with Gasteiger partial charge in [0.1, 0.15) is 10.8 Å². The molecule has 2 aromatic carbocycles. The third-order valence-electron chi connectivity index (χ3n) is 4.63. The summed E-state index contributed by atoms with van der Waals surface area (Å²) in [5.41, 5.74) is 10.0. The number of allylic oxidation sites excluding steroid dienone is 2. The number of para-hydroxylation sites is 1. The van der Waals surface area contributed by atoms with Crippen molar-refractivity contribution in [3.63, 3.8) is 0 Å². The van der Waals surface area contributed by atoms with Crippen molar-refractivity contribution in [3.05, 3.63) is 83.7 Å². The molecule has 0 saturated heterocycles. The van der Waals surface area contributed by atoms with Crippen LogP contribution < -0.4 is 22.1 Å². The first kappa shape index (κ1) is 22.6. The Hall–Kier alpha value is -3.11. The maximum Gasteiger partial charge on any atom is 0.317 e. The van der Waals surface area contributed by atoms with Crippen LogP contribution in [0.15, 0.2) is 66.8 Å². The summed E-state index contributed by atoms with van der Waals surface area (Å²) >= 11 is 11.7. The molecule has 7 N–H and O–H groups in total. The van der Waals surface area contributed by atoms with Crippen LogP contribution in [0.2, 0.25) is 0 Å². The average Bonchev–Trinajstić information content (AvgIpc) is 2.70. The molecule has 7 nitrogen and oxygen atoms in total. The topological polar surface area (TPSA) is 130 Å². The first-order chi connectivity index (χ1) is 14.5. The molecule has 3 rings (SSSR count). The Kier molecular flexibility index (Phi) is 6.23. The Morgan fingerprint density at radius 3 is 2.45 bits per heavy atom. The first-order valence-electron chi connectivity index (χ1n) is 8.93. The number of primary amides is 1. The predicted molar refractivity (Wildman–Crippen MR) is 121 cm³/mol. The second kappa shape index (κ2) is 8.56. The Morgan fingerprint density at radius 2 is 1.77 bits per heavy atom. The summed E-state index contributed by atoms with van der Waals surface area (Å²) in [7, 11) is 0. The van der Waals surface area contributed by atoms with Gasteiger partial charge in [-0.1, -0.05) is 48.6 Å². The Morgan fingerprint density at radius 1 is 1.13 bits per heavy atom. The fraction of sp³-hybridized carbons (Fsp3) is 0.0952. The second-order valence-corrected chi connectivity index (χ2v) is 7.77. The third kappa shape index (κ3) is 4.49. The monoisotopic (exact) mass is 460 g/mol. The highest BCUT2D eigenvalue weighted by Gasteiger charge is 2.49.